The van der Waals surface area contributed by atoms with Gasteiger partial charge in [-0.15, -0.1) is 0 Å². The van der Waals surface area contributed by atoms with Crippen LogP contribution in [-0.4, -0.2) is 17.1 Å². The average Bonchev–Trinajstić information content (AvgIpc) is 3.08. The molecule has 0 heterocycles. The number of amides is 1. The first-order valence-corrected chi connectivity index (χ1v) is 9.91. The molecule has 0 radical (unpaired) electrons. The van der Waals surface area contributed by atoms with Gasteiger partial charge in [-0.05, 0) is 62.8 Å². The summed E-state index contributed by atoms with van der Waals surface area (Å²) in [6.45, 7) is 2.13. The molecule has 1 aromatic rings. The molecule has 1 amide bonds. The highest BCUT2D eigenvalue weighted by Crippen LogP contribution is 2.48. The molecular formula is C23H31NO2. The molecule has 1 aromatic carbocycles. The number of hydrogen-bond donors (Lipinski definition) is 2. The summed E-state index contributed by atoms with van der Waals surface area (Å²) in [5.74, 6) is 1.08. The number of aryl methyl sites for hydroxylation is 2. The molecule has 3 nitrogen and oxygen atoms in total. The van der Waals surface area contributed by atoms with Crippen molar-refractivity contribution in [2.75, 3.05) is 0 Å². The van der Waals surface area contributed by atoms with Crippen LogP contribution in [0.25, 0.3) is 0 Å². The first kappa shape index (κ1) is 18.9. The van der Waals surface area contributed by atoms with Gasteiger partial charge in [-0.2, -0.15) is 0 Å². The van der Waals surface area contributed by atoms with Gasteiger partial charge in [0.05, 0.1) is 6.10 Å². The number of aliphatic hydroxyl groups is 1. The zero-order valence-electron chi connectivity index (χ0n) is 15.7. The van der Waals surface area contributed by atoms with Crippen LogP contribution in [-0.2, 0) is 11.2 Å². The van der Waals surface area contributed by atoms with Crippen LogP contribution < -0.4 is 5.73 Å². The smallest absolute Gasteiger partial charge is 0.217 e. The lowest BCUT2D eigenvalue weighted by Crippen LogP contribution is -2.17. The second kappa shape index (κ2) is 8.68. The van der Waals surface area contributed by atoms with Gasteiger partial charge in [0, 0.05) is 12.3 Å². The lowest BCUT2D eigenvalue weighted by Gasteiger charge is -2.18. The van der Waals surface area contributed by atoms with Crippen molar-refractivity contribution in [3.05, 3.63) is 59.2 Å². The number of carbonyl (C=O) groups excluding carboxylic acids is 1. The van der Waals surface area contributed by atoms with Crippen LogP contribution in [0.3, 0.4) is 0 Å². The summed E-state index contributed by atoms with van der Waals surface area (Å²) in [4.78, 5) is 10.9. The molecule has 0 unspecified atom stereocenters. The Hall–Kier alpha value is -1.87. The van der Waals surface area contributed by atoms with E-state index < -0.39 is 0 Å². The van der Waals surface area contributed by atoms with E-state index in [1.54, 1.807) is 0 Å². The molecule has 3 N–H and O–H groups in total. The monoisotopic (exact) mass is 353 g/mol. The molecular weight excluding hydrogens is 322 g/mol. The number of fused-ring (bicyclic) bond motifs is 1. The van der Waals surface area contributed by atoms with Crippen LogP contribution in [0.2, 0.25) is 0 Å². The van der Waals surface area contributed by atoms with E-state index in [-0.39, 0.29) is 17.9 Å². The van der Waals surface area contributed by atoms with Gasteiger partial charge in [0.2, 0.25) is 5.91 Å². The summed E-state index contributed by atoms with van der Waals surface area (Å²) >= 11 is 0. The fourth-order valence-electron chi connectivity index (χ4n) is 4.65. The van der Waals surface area contributed by atoms with Crippen LogP contribution in [0, 0.1) is 24.7 Å². The van der Waals surface area contributed by atoms with Crippen LogP contribution >= 0.6 is 0 Å². The average molecular weight is 354 g/mol. The van der Waals surface area contributed by atoms with Gasteiger partial charge in [0.25, 0.3) is 0 Å². The third-order valence-corrected chi connectivity index (χ3v) is 5.91. The van der Waals surface area contributed by atoms with E-state index in [1.165, 1.54) is 16.7 Å². The van der Waals surface area contributed by atoms with Crippen molar-refractivity contribution in [1.29, 1.82) is 0 Å². The summed E-state index contributed by atoms with van der Waals surface area (Å²) in [6, 6.07) is 8.67. The molecule has 1 saturated carbocycles. The van der Waals surface area contributed by atoms with Crippen LogP contribution in [0.4, 0.5) is 0 Å². The van der Waals surface area contributed by atoms with Gasteiger partial charge in [-0.25, -0.2) is 0 Å². The second-order valence-electron chi connectivity index (χ2n) is 8.01. The van der Waals surface area contributed by atoms with Gasteiger partial charge in [0.1, 0.15) is 0 Å². The summed E-state index contributed by atoms with van der Waals surface area (Å²) in [6.07, 6.45) is 12.9. The summed E-state index contributed by atoms with van der Waals surface area (Å²) < 4.78 is 0. The second-order valence-corrected chi connectivity index (χ2v) is 8.01. The molecule has 0 aliphatic heterocycles. The Morgan fingerprint density at radius 3 is 2.96 bits per heavy atom. The van der Waals surface area contributed by atoms with Crippen molar-refractivity contribution in [3.63, 3.8) is 0 Å². The summed E-state index contributed by atoms with van der Waals surface area (Å²) in [7, 11) is 0. The molecule has 140 valence electrons. The molecule has 3 heteroatoms. The van der Waals surface area contributed by atoms with E-state index in [4.69, 9.17) is 5.73 Å². The van der Waals surface area contributed by atoms with Crippen LogP contribution in [0.15, 0.2) is 48.1 Å². The molecule has 0 bridgehead atoms. The Morgan fingerprint density at radius 1 is 1.35 bits per heavy atom. The van der Waals surface area contributed by atoms with E-state index in [0.717, 1.165) is 38.5 Å². The largest absolute Gasteiger partial charge is 0.392 e. The Balaban J connectivity index is 1.49. The predicted molar refractivity (Wildman–Crippen MR) is 105 cm³/mol. The first-order chi connectivity index (χ1) is 12.5. The molecule has 1 fully saturated rings. The minimum Gasteiger partial charge on any atom is -0.392 e. The molecule has 3 rings (SSSR count). The van der Waals surface area contributed by atoms with Crippen molar-refractivity contribution < 1.29 is 9.90 Å². The minimum atomic E-state index is -0.219. The fourth-order valence-corrected chi connectivity index (χ4v) is 4.65. The molecule has 0 spiro atoms. The molecule has 2 aliphatic carbocycles. The van der Waals surface area contributed by atoms with Crippen molar-refractivity contribution in [3.8, 4) is 0 Å². The van der Waals surface area contributed by atoms with Crippen molar-refractivity contribution >= 4 is 5.91 Å². The number of allylic oxidation sites excluding steroid dienone is 3. The van der Waals surface area contributed by atoms with Crippen LogP contribution in [0.5, 0.6) is 0 Å². The van der Waals surface area contributed by atoms with E-state index in [0.29, 0.717) is 18.3 Å². The fraction of sp³-hybridized carbons (Fsp3) is 0.522. The van der Waals surface area contributed by atoms with Crippen molar-refractivity contribution in [2.45, 2.75) is 58.0 Å². The molecule has 26 heavy (non-hydrogen) atoms. The van der Waals surface area contributed by atoms with Crippen LogP contribution in [0.1, 0.15) is 49.7 Å². The van der Waals surface area contributed by atoms with Gasteiger partial charge >= 0.3 is 0 Å². The van der Waals surface area contributed by atoms with E-state index in [1.807, 2.05) is 0 Å². The van der Waals surface area contributed by atoms with Gasteiger partial charge in [0.15, 0.2) is 0 Å². The number of primary amides is 1. The predicted octanol–water partition coefficient (Wildman–Crippen LogP) is 4.08. The number of hydrogen-bond acceptors (Lipinski definition) is 2. The zero-order valence-corrected chi connectivity index (χ0v) is 15.7. The molecule has 4 atom stereocenters. The molecule has 2 aliphatic rings. The maximum absolute atomic E-state index is 10.9. The summed E-state index contributed by atoms with van der Waals surface area (Å²) in [5.41, 5.74) is 9.36. The van der Waals surface area contributed by atoms with Gasteiger partial charge in [-0.3, -0.25) is 4.79 Å². The number of rotatable bonds is 8. The normalized spacial score (nSPS) is 27.7. The SMILES string of the molecule is Cc1cccc(CCC=C[C@@H]2[C@H]3CC(CCCC(N)=O)=C[C@H]3C[C@H]2O)c1. The van der Waals surface area contributed by atoms with E-state index in [2.05, 4.69) is 49.4 Å². The highest BCUT2D eigenvalue weighted by atomic mass is 16.3. The third kappa shape index (κ3) is 4.85. The Morgan fingerprint density at radius 2 is 2.19 bits per heavy atom. The Labute approximate surface area is 157 Å². The van der Waals surface area contributed by atoms with E-state index >= 15 is 0 Å². The summed E-state index contributed by atoms with van der Waals surface area (Å²) in [5, 5.41) is 10.4. The molecule has 0 aromatic heterocycles. The molecule has 0 saturated heterocycles. The quantitative estimate of drug-likeness (QED) is 0.692. The zero-order chi connectivity index (χ0) is 18.5. The maximum Gasteiger partial charge on any atom is 0.217 e. The minimum absolute atomic E-state index is 0.214. The highest BCUT2D eigenvalue weighted by Gasteiger charge is 2.43. The number of nitrogens with two attached hydrogens (primary N) is 1. The van der Waals surface area contributed by atoms with Crippen molar-refractivity contribution in [1.82, 2.24) is 0 Å². The Kier molecular flexibility index (Phi) is 6.31. The first-order valence-electron chi connectivity index (χ1n) is 9.91. The highest BCUT2D eigenvalue weighted by molar-refractivity contribution is 5.73. The van der Waals surface area contributed by atoms with Crippen molar-refractivity contribution in [2.24, 2.45) is 23.5 Å². The number of aliphatic hydroxyl groups excluding tert-OH is 1. The Bertz CT molecular complexity index is 691. The maximum atomic E-state index is 10.9. The van der Waals surface area contributed by atoms with Gasteiger partial charge < -0.3 is 10.8 Å². The number of benzene rings is 1. The number of carbonyl (C=O) groups is 1. The van der Waals surface area contributed by atoms with Gasteiger partial charge in [-0.1, -0.05) is 53.6 Å². The lowest BCUT2D eigenvalue weighted by molar-refractivity contribution is -0.118. The van der Waals surface area contributed by atoms with E-state index in [9.17, 15) is 9.90 Å². The third-order valence-electron chi connectivity index (χ3n) is 5.91. The lowest BCUT2D eigenvalue weighted by atomic mass is 9.88. The topological polar surface area (TPSA) is 63.3 Å². The standard InChI is InChI=1S/C23H31NO2/c1-16-6-4-8-17(12-16)7-2-3-10-20-21-14-18(9-5-11-23(24)26)13-19(21)15-22(20)25/h3-4,6,8,10,12-13,19-22,25H,2,5,7,9,11,14-15H2,1H3,(H2,24,26)/t19-,20+,21-,22+/m0/s1.